The van der Waals surface area contributed by atoms with Crippen molar-refractivity contribution in [3.8, 4) is 0 Å². The normalized spacial score (nSPS) is 18.2. The highest BCUT2D eigenvalue weighted by Gasteiger charge is 2.30. The van der Waals surface area contributed by atoms with E-state index in [0.717, 1.165) is 36.8 Å². The number of carbonyl (C=O) groups excluding carboxylic acids is 1. The zero-order valence-corrected chi connectivity index (χ0v) is 25.0. The number of ether oxygens (including phenoxy) is 1. The average molecular weight is 578 g/mol. The minimum atomic E-state index is -3.70. The summed E-state index contributed by atoms with van der Waals surface area (Å²) in [5, 5.41) is 3.00. The second-order valence-corrected chi connectivity index (χ2v) is 12.9. The highest BCUT2D eigenvalue weighted by atomic mass is 32.2. The van der Waals surface area contributed by atoms with Crippen molar-refractivity contribution in [1.29, 1.82) is 0 Å². The molecule has 1 aliphatic carbocycles. The molecule has 1 aliphatic rings. The van der Waals surface area contributed by atoms with Gasteiger partial charge in [-0.05, 0) is 80.8 Å². The molecule has 0 aromatic heterocycles. The number of hydrogen-bond acceptors (Lipinski definition) is 5. The molecule has 1 atom stereocenters. The van der Waals surface area contributed by atoms with Crippen molar-refractivity contribution < 1.29 is 17.9 Å². The molecule has 41 heavy (non-hydrogen) atoms. The van der Waals surface area contributed by atoms with Gasteiger partial charge in [-0.1, -0.05) is 78.9 Å². The van der Waals surface area contributed by atoms with Gasteiger partial charge in [-0.15, -0.1) is 0 Å². The first-order valence-corrected chi connectivity index (χ1v) is 16.0. The molecule has 1 saturated carbocycles. The molecule has 2 N–H and O–H groups in total. The number of nitrogens with zero attached hydrogens (tertiary/aromatic N) is 1. The molecule has 0 saturated heterocycles. The maximum atomic E-state index is 13.0. The molecular weight excluding hydrogens is 534 g/mol. The zero-order valence-electron chi connectivity index (χ0n) is 24.2. The van der Waals surface area contributed by atoms with Crippen LogP contribution in [0.2, 0.25) is 0 Å². The zero-order chi connectivity index (χ0) is 29.1. The first kappa shape index (κ1) is 30.9. The molecule has 8 heteroatoms. The Kier molecular flexibility index (Phi) is 11.5. The van der Waals surface area contributed by atoms with Crippen molar-refractivity contribution in [2.45, 2.75) is 43.0 Å². The Morgan fingerprint density at radius 2 is 1.54 bits per heavy atom. The van der Waals surface area contributed by atoms with E-state index >= 15 is 0 Å². The van der Waals surface area contributed by atoms with Gasteiger partial charge in [0.25, 0.3) is 0 Å². The third-order valence-corrected chi connectivity index (χ3v) is 9.46. The SMILES string of the molecule is CN(C)C(c1ccccc1)C1CCC(CNC(=O)COCCNS(=O)(=O)c2ccccc2Cc2ccccc2)CC1. The van der Waals surface area contributed by atoms with Crippen molar-refractivity contribution >= 4 is 15.9 Å². The molecule has 7 nitrogen and oxygen atoms in total. The summed E-state index contributed by atoms with van der Waals surface area (Å²) in [6.07, 6.45) is 5.00. The molecule has 1 amide bonds. The molecule has 1 fully saturated rings. The quantitative estimate of drug-likeness (QED) is 0.269. The Bertz CT molecular complexity index is 1320. The van der Waals surface area contributed by atoms with Crippen molar-refractivity contribution in [2.75, 3.05) is 40.4 Å². The number of benzene rings is 3. The molecule has 220 valence electrons. The van der Waals surface area contributed by atoms with Crippen LogP contribution in [0.3, 0.4) is 0 Å². The lowest BCUT2D eigenvalue weighted by Gasteiger charge is -2.37. The lowest BCUT2D eigenvalue weighted by Crippen LogP contribution is -2.36. The summed E-state index contributed by atoms with van der Waals surface area (Å²) in [6.45, 7) is 0.772. The number of amides is 1. The lowest BCUT2D eigenvalue weighted by molar-refractivity contribution is -0.125. The Balaban J connectivity index is 1.14. The van der Waals surface area contributed by atoms with Crippen LogP contribution in [0.5, 0.6) is 0 Å². The van der Waals surface area contributed by atoms with E-state index in [1.807, 2.05) is 42.5 Å². The van der Waals surface area contributed by atoms with Crippen LogP contribution >= 0.6 is 0 Å². The Morgan fingerprint density at radius 1 is 0.902 bits per heavy atom. The summed E-state index contributed by atoms with van der Waals surface area (Å²) < 4.78 is 34.0. The van der Waals surface area contributed by atoms with E-state index in [2.05, 4.69) is 59.4 Å². The third-order valence-electron chi connectivity index (χ3n) is 7.89. The van der Waals surface area contributed by atoms with E-state index in [0.29, 0.717) is 30.8 Å². The molecule has 0 spiro atoms. The van der Waals surface area contributed by atoms with Crippen LogP contribution in [0.15, 0.2) is 89.8 Å². The molecule has 0 aliphatic heterocycles. The van der Waals surface area contributed by atoms with Crippen molar-refractivity contribution in [2.24, 2.45) is 11.8 Å². The smallest absolute Gasteiger partial charge is 0.246 e. The van der Waals surface area contributed by atoms with Gasteiger partial charge in [0, 0.05) is 19.1 Å². The van der Waals surface area contributed by atoms with Gasteiger partial charge in [-0.2, -0.15) is 0 Å². The summed E-state index contributed by atoms with van der Waals surface area (Å²) in [5.74, 6) is 0.909. The molecule has 0 bridgehead atoms. The molecule has 4 rings (SSSR count). The first-order valence-electron chi connectivity index (χ1n) is 14.5. The third kappa shape index (κ3) is 9.23. The molecule has 1 unspecified atom stereocenters. The van der Waals surface area contributed by atoms with Crippen molar-refractivity contribution in [3.05, 3.63) is 102 Å². The molecule has 0 heterocycles. The summed E-state index contributed by atoms with van der Waals surface area (Å²) in [6, 6.07) is 27.9. The highest BCUT2D eigenvalue weighted by Crippen LogP contribution is 2.39. The van der Waals surface area contributed by atoms with Gasteiger partial charge in [0.2, 0.25) is 15.9 Å². The summed E-state index contributed by atoms with van der Waals surface area (Å²) in [4.78, 5) is 14.9. The maximum absolute atomic E-state index is 13.0. The fraction of sp³-hybridized carbons (Fsp3) is 0.424. The second kappa shape index (κ2) is 15.3. The molecule has 3 aromatic rings. The van der Waals surface area contributed by atoms with Gasteiger partial charge in [0.1, 0.15) is 6.61 Å². The summed E-state index contributed by atoms with van der Waals surface area (Å²) >= 11 is 0. The minimum absolute atomic E-state index is 0.0849. The van der Waals surface area contributed by atoms with Crippen LogP contribution in [0, 0.1) is 11.8 Å². The number of rotatable bonds is 14. The average Bonchev–Trinajstić information content (AvgIpc) is 2.98. The Morgan fingerprint density at radius 3 is 2.22 bits per heavy atom. The molecule has 0 radical (unpaired) electrons. The van der Waals surface area contributed by atoms with E-state index in [1.54, 1.807) is 12.1 Å². The molecule has 3 aromatic carbocycles. The Labute approximate surface area is 245 Å². The predicted octanol–water partition coefficient (Wildman–Crippen LogP) is 4.80. The van der Waals surface area contributed by atoms with Gasteiger partial charge < -0.3 is 15.0 Å². The number of carbonyl (C=O) groups is 1. The van der Waals surface area contributed by atoms with Crippen LogP contribution in [0.4, 0.5) is 0 Å². The van der Waals surface area contributed by atoms with E-state index < -0.39 is 10.0 Å². The van der Waals surface area contributed by atoms with Gasteiger partial charge >= 0.3 is 0 Å². The molecular formula is C33H43N3O4S. The summed E-state index contributed by atoms with van der Waals surface area (Å²) in [5.41, 5.74) is 3.14. The number of hydrogen-bond donors (Lipinski definition) is 2. The minimum Gasteiger partial charge on any atom is -0.370 e. The lowest BCUT2D eigenvalue weighted by atomic mass is 9.76. The highest BCUT2D eigenvalue weighted by molar-refractivity contribution is 7.89. The van der Waals surface area contributed by atoms with Crippen molar-refractivity contribution in [3.63, 3.8) is 0 Å². The largest absolute Gasteiger partial charge is 0.370 e. The first-order chi connectivity index (χ1) is 19.8. The van der Waals surface area contributed by atoms with Crippen molar-refractivity contribution in [1.82, 2.24) is 14.9 Å². The standard InChI is InChI=1S/C33H43N3O4S/c1-36(2)33(28-13-7-4-8-14-28)29-19-17-27(18-20-29)24-34-32(37)25-40-22-21-35-41(38,39)31-16-10-9-15-30(31)23-26-11-5-3-6-12-26/h3-16,27,29,33,35H,17-25H2,1-2H3,(H,34,37). The van der Waals surface area contributed by atoms with Gasteiger partial charge in [-0.3, -0.25) is 4.79 Å². The second-order valence-electron chi connectivity index (χ2n) is 11.1. The maximum Gasteiger partial charge on any atom is 0.246 e. The van der Waals surface area contributed by atoms with E-state index in [-0.39, 0.29) is 30.6 Å². The monoisotopic (exact) mass is 577 g/mol. The van der Waals surface area contributed by atoms with Crippen LogP contribution in [-0.2, 0) is 26.0 Å². The van der Waals surface area contributed by atoms with E-state index in [4.69, 9.17) is 4.74 Å². The van der Waals surface area contributed by atoms with Crippen LogP contribution < -0.4 is 10.0 Å². The number of nitrogens with one attached hydrogen (secondary N) is 2. The topological polar surface area (TPSA) is 87.7 Å². The van der Waals surface area contributed by atoms with E-state index in [9.17, 15) is 13.2 Å². The van der Waals surface area contributed by atoms with Crippen LogP contribution in [0.1, 0.15) is 48.4 Å². The predicted molar refractivity (Wildman–Crippen MR) is 163 cm³/mol. The Hall–Kier alpha value is -3.04. The summed E-state index contributed by atoms with van der Waals surface area (Å²) in [7, 11) is 0.601. The van der Waals surface area contributed by atoms with Gasteiger partial charge in [0.05, 0.1) is 11.5 Å². The fourth-order valence-corrected chi connectivity index (χ4v) is 7.13. The van der Waals surface area contributed by atoms with E-state index in [1.165, 1.54) is 5.56 Å². The van der Waals surface area contributed by atoms with Gasteiger partial charge in [-0.25, -0.2) is 13.1 Å². The fourth-order valence-electron chi connectivity index (χ4n) is 5.88. The number of sulfonamides is 1. The van der Waals surface area contributed by atoms with Crippen LogP contribution in [0.25, 0.3) is 0 Å². The van der Waals surface area contributed by atoms with Crippen LogP contribution in [-0.4, -0.2) is 59.6 Å². The van der Waals surface area contributed by atoms with Gasteiger partial charge in [0.15, 0.2) is 0 Å².